The zero-order chi connectivity index (χ0) is 17.2. The third-order valence-electron chi connectivity index (χ3n) is 4.43. The third kappa shape index (κ3) is 3.44. The minimum Gasteiger partial charge on any atom is -0.340 e. The molecular formula is C16H22N4O3S. The summed E-state index contributed by atoms with van der Waals surface area (Å²) in [6, 6.07) is 6.73. The Kier molecular flexibility index (Phi) is 4.86. The highest BCUT2D eigenvalue weighted by Gasteiger charge is 2.30. The van der Waals surface area contributed by atoms with Gasteiger partial charge in [-0.05, 0) is 18.7 Å². The Labute approximate surface area is 142 Å². The van der Waals surface area contributed by atoms with E-state index >= 15 is 0 Å². The number of sulfonamides is 1. The molecule has 1 aromatic rings. The fourth-order valence-electron chi connectivity index (χ4n) is 2.99. The summed E-state index contributed by atoms with van der Waals surface area (Å²) in [5.74, 6) is 0.401. The highest BCUT2D eigenvalue weighted by Crippen LogP contribution is 2.22. The summed E-state index contributed by atoms with van der Waals surface area (Å²) in [5, 5.41) is 0. The number of benzene rings is 1. The fraction of sp³-hybridized carbons (Fsp3) is 0.500. The summed E-state index contributed by atoms with van der Waals surface area (Å²) in [4.78, 5) is 20.9. The molecule has 8 heteroatoms. The lowest BCUT2D eigenvalue weighted by atomic mass is 10.2. The van der Waals surface area contributed by atoms with Crippen LogP contribution in [0, 0.1) is 0 Å². The van der Waals surface area contributed by atoms with Gasteiger partial charge in [-0.3, -0.25) is 14.5 Å². The Bertz CT molecular complexity index is 752. The second-order valence-corrected chi connectivity index (χ2v) is 7.55. The molecule has 0 aliphatic carbocycles. The van der Waals surface area contributed by atoms with Crippen LogP contribution in [0.4, 0.5) is 0 Å². The quantitative estimate of drug-likeness (QED) is 0.846. The molecule has 2 aliphatic rings. The van der Waals surface area contributed by atoms with E-state index in [1.165, 1.54) is 0 Å². The van der Waals surface area contributed by atoms with Gasteiger partial charge in [0.15, 0.2) is 0 Å². The van der Waals surface area contributed by atoms with Gasteiger partial charge in [0.25, 0.3) is 10.0 Å². The molecule has 130 valence electrons. The highest BCUT2D eigenvalue weighted by molar-refractivity contribution is 7.90. The predicted octanol–water partition coefficient (Wildman–Crippen LogP) is 0.279. The topological polar surface area (TPSA) is 82.1 Å². The number of nitrogens with one attached hydrogen (secondary N) is 1. The van der Waals surface area contributed by atoms with Gasteiger partial charge in [-0.2, -0.15) is 0 Å². The van der Waals surface area contributed by atoms with Crippen LogP contribution in [0.3, 0.4) is 0 Å². The molecule has 1 saturated heterocycles. The number of amidine groups is 1. The number of rotatable bonds is 4. The van der Waals surface area contributed by atoms with Crippen LogP contribution in [0.25, 0.3) is 0 Å². The van der Waals surface area contributed by atoms with Crippen molar-refractivity contribution in [1.29, 1.82) is 0 Å². The number of nitrogens with zero attached hydrogens (tertiary/aromatic N) is 3. The van der Waals surface area contributed by atoms with Crippen LogP contribution in [-0.2, 0) is 14.8 Å². The standard InChI is InChI=1S/C16H22N4O3S/c1-2-19-9-11-20(12-10-19)15(21)7-8-17-16-13-5-3-4-6-14(13)24(22,23)18-16/h3-6H,2,7-12H2,1H3,(H,17,18). The van der Waals surface area contributed by atoms with Crippen LogP contribution in [-0.4, -0.2) is 69.2 Å². The van der Waals surface area contributed by atoms with Gasteiger partial charge in [0.2, 0.25) is 5.91 Å². The van der Waals surface area contributed by atoms with Gasteiger partial charge in [-0.25, -0.2) is 8.42 Å². The molecule has 0 bridgehead atoms. The number of amides is 1. The van der Waals surface area contributed by atoms with E-state index < -0.39 is 10.0 Å². The maximum atomic E-state index is 12.2. The first-order chi connectivity index (χ1) is 11.5. The molecular weight excluding hydrogens is 328 g/mol. The van der Waals surface area contributed by atoms with Gasteiger partial charge in [0.05, 0.1) is 11.4 Å². The molecule has 2 heterocycles. The molecule has 0 spiro atoms. The molecule has 7 nitrogen and oxygen atoms in total. The number of hydrogen-bond acceptors (Lipinski definition) is 5. The van der Waals surface area contributed by atoms with Crippen molar-refractivity contribution >= 4 is 21.8 Å². The smallest absolute Gasteiger partial charge is 0.263 e. The summed E-state index contributed by atoms with van der Waals surface area (Å²) in [7, 11) is -3.52. The zero-order valence-corrected chi connectivity index (χ0v) is 14.6. The van der Waals surface area contributed by atoms with Crippen LogP contribution in [0.1, 0.15) is 18.9 Å². The first-order valence-electron chi connectivity index (χ1n) is 8.18. The second kappa shape index (κ2) is 6.90. The van der Waals surface area contributed by atoms with E-state index in [4.69, 9.17) is 0 Å². The predicted molar refractivity (Wildman–Crippen MR) is 91.5 cm³/mol. The molecule has 2 aliphatic heterocycles. The minimum atomic E-state index is -3.52. The van der Waals surface area contributed by atoms with Crippen molar-refractivity contribution in [2.75, 3.05) is 39.3 Å². The Balaban J connectivity index is 1.59. The van der Waals surface area contributed by atoms with Gasteiger partial charge in [-0.1, -0.05) is 19.1 Å². The summed E-state index contributed by atoms with van der Waals surface area (Å²) in [5.41, 5.74) is 0.571. The lowest BCUT2D eigenvalue weighted by molar-refractivity contribution is -0.132. The van der Waals surface area contributed by atoms with Crippen molar-refractivity contribution in [2.24, 2.45) is 4.99 Å². The molecule has 0 radical (unpaired) electrons. The largest absolute Gasteiger partial charge is 0.340 e. The van der Waals surface area contributed by atoms with E-state index in [1.807, 2.05) is 4.90 Å². The van der Waals surface area contributed by atoms with Crippen LogP contribution >= 0.6 is 0 Å². The SMILES string of the molecule is CCN1CCN(C(=O)CCN=C2NS(=O)(=O)c3ccccc32)CC1. The van der Waals surface area contributed by atoms with E-state index in [2.05, 4.69) is 21.5 Å². The molecule has 0 aromatic heterocycles. The van der Waals surface area contributed by atoms with Crippen molar-refractivity contribution < 1.29 is 13.2 Å². The average Bonchev–Trinajstić information content (AvgIpc) is 2.86. The minimum absolute atomic E-state index is 0.0734. The number of carbonyl (C=O) groups is 1. The van der Waals surface area contributed by atoms with Crippen LogP contribution < -0.4 is 4.72 Å². The fourth-order valence-corrected chi connectivity index (χ4v) is 4.24. The highest BCUT2D eigenvalue weighted by atomic mass is 32.2. The van der Waals surface area contributed by atoms with Gasteiger partial charge < -0.3 is 9.80 Å². The molecule has 0 atom stereocenters. The van der Waals surface area contributed by atoms with Crippen molar-refractivity contribution in [2.45, 2.75) is 18.2 Å². The van der Waals surface area contributed by atoms with E-state index in [0.29, 0.717) is 17.8 Å². The Morgan fingerprint density at radius 2 is 1.92 bits per heavy atom. The molecule has 0 unspecified atom stereocenters. The monoisotopic (exact) mass is 350 g/mol. The number of fused-ring (bicyclic) bond motifs is 1. The van der Waals surface area contributed by atoms with Crippen molar-refractivity contribution in [3.05, 3.63) is 29.8 Å². The maximum absolute atomic E-state index is 12.2. The van der Waals surface area contributed by atoms with Crippen molar-refractivity contribution in [3.63, 3.8) is 0 Å². The molecule has 1 amide bonds. The van der Waals surface area contributed by atoms with Crippen LogP contribution in [0.2, 0.25) is 0 Å². The Hall–Kier alpha value is -1.93. The van der Waals surface area contributed by atoms with E-state index in [1.54, 1.807) is 24.3 Å². The Morgan fingerprint density at radius 3 is 2.62 bits per heavy atom. The van der Waals surface area contributed by atoms with E-state index in [0.717, 1.165) is 32.7 Å². The van der Waals surface area contributed by atoms with Crippen LogP contribution in [0.15, 0.2) is 34.2 Å². The molecule has 3 rings (SSSR count). The number of piperazine rings is 1. The maximum Gasteiger partial charge on any atom is 0.263 e. The number of aliphatic imine (C=N–C) groups is 1. The van der Waals surface area contributed by atoms with E-state index in [-0.39, 0.29) is 17.3 Å². The van der Waals surface area contributed by atoms with Crippen LogP contribution in [0.5, 0.6) is 0 Å². The van der Waals surface area contributed by atoms with Crippen molar-refractivity contribution in [3.8, 4) is 0 Å². The second-order valence-electron chi connectivity index (χ2n) is 5.90. The molecule has 0 saturated carbocycles. The van der Waals surface area contributed by atoms with Gasteiger partial charge >= 0.3 is 0 Å². The summed E-state index contributed by atoms with van der Waals surface area (Å²) < 4.78 is 26.4. The molecule has 1 aromatic carbocycles. The molecule has 1 fully saturated rings. The lowest BCUT2D eigenvalue weighted by Crippen LogP contribution is -2.48. The number of hydrogen-bond donors (Lipinski definition) is 1. The third-order valence-corrected chi connectivity index (χ3v) is 5.83. The summed E-state index contributed by atoms with van der Waals surface area (Å²) in [6.45, 7) is 6.72. The van der Waals surface area contributed by atoms with Gasteiger partial charge in [-0.15, -0.1) is 0 Å². The van der Waals surface area contributed by atoms with Crippen molar-refractivity contribution in [1.82, 2.24) is 14.5 Å². The summed E-state index contributed by atoms with van der Waals surface area (Å²) >= 11 is 0. The normalized spacial score (nSPS) is 21.5. The lowest BCUT2D eigenvalue weighted by Gasteiger charge is -2.34. The number of likely N-dealkylation sites (N-methyl/N-ethyl adjacent to an activating group) is 1. The first kappa shape index (κ1) is 16.9. The van der Waals surface area contributed by atoms with E-state index in [9.17, 15) is 13.2 Å². The summed E-state index contributed by atoms with van der Waals surface area (Å²) in [6.07, 6.45) is 0.291. The average molecular weight is 350 g/mol. The zero-order valence-electron chi connectivity index (χ0n) is 13.7. The molecule has 1 N–H and O–H groups in total. The van der Waals surface area contributed by atoms with Gasteiger partial charge in [0.1, 0.15) is 5.84 Å². The number of carbonyl (C=O) groups excluding carboxylic acids is 1. The first-order valence-corrected chi connectivity index (χ1v) is 9.66. The van der Waals surface area contributed by atoms with Gasteiger partial charge in [0, 0.05) is 38.2 Å². The molecule has 24 heavy (non-hydrogen) atoms. The Morgan fingerprint density at radius 1 is 1.21 bits per heavy atom.